The molecule has 0 aliphatic heterocycles. The van der Waals surface area contributed by atoms with Crippen LogP contribution in [0.3, 0.4) is 0 Å². The summed E-state index contributed by atoms with van der Waals surface area (Å²) in [6.07, 6.45) is 2.16. The van der Waals surface area contributed by atoms with Crippen LogP contribution in [0.5, 0.6) is 0 Å². The molecule has 1 aromatic carbocycles. The van der Waals surface area contributed by atoms with E-state index < -0.39 is 0 Å². The number of pyridine rings is 1. The lowest BCUT2D eigenvalue weighted by atomic mass is 10.1. The summed E-state index contributed by atoms with van der Waals surface area (Å²) in [5, 5.41) is 7.97. The van der Waals surface area contributed by atoms with Gasteiger partial charge in [-0.25, -0.2) is 4.98 Å². The average molecular weight is 336 g/mol. The number of nitrogens with zero attached hydrogens (tertiary/aromatic N) is 3. The lowest BCUT2D eigenvalue weighted by molar-refractivity contribution is 0.102. The molecular weight excluding hydrogens is 316 g/mol. The molecule has 4 rings (SSSR count). The Hall–Kier alpha value is -2.89. The second kappa shape index (κ2) is 5.88. The maximum Gasteiger partial charge on any atom is 0.274 e. The first-order valence-electron chi connectivity index (χ1n) is 8.39. The molecule has 2 heterocycles. The van der Waals surface area contributed by atoms with E-state index in [2.05, 4.69) is 15.5 Å². The van der Waals surface area contributed by atoms with Crippen LogP contribution in [0.15, 0.2) is 34.9 Å². The van der Waals surface area contributed by atoms with Gasteiger partial charge in [0.15, 0.2) is 5.76 Å². The summed E-state index contributed by atoms with van der Waals surface area (Å²) in [7, 11) is 3.91. The number of anilines is 2. The van der Waals surface area contributed by atoms with Crippen LogP contribution in [0.1, 0.15) is 40.7 Å². The number of aryl methyl sites for hydroxylation is 1. The van der Waals surface area contributed by atoms with E-state index in [-0.39, 0.29) is 5.91 Å². The van der Waals surface area contributed by atoms with Crippen LogP contribution in [0.25, 0.3) is 10.9 Å². The second-order valence-corrected chi connectivity index (χ2v) is 6.67. The van der Waals surface area contributed by atoms with Crippen LogP contribution < -0.4 is 10.2 Å². The van der Waals surface area contributed by atoms with Crippen molar-refractivity contribution in [2.75, 3.05) is 24.3 Å². The van der Waals surface area contributed by atoms with Gasteiger partial charge in [-0.05, 0) is 31.9 Å². The molecule has 3 aromatic rings. The standard InChI is InChI=1S/C19H20N4O2/c1-11-17(18(25-22-11)12-8-9-12)21-19(24)15-10-16(23(2)3)13-6-4-5-7-14(13)20-15/h4-7,10,12H,8-9H2,1-3H3,(H,21,24). The third-order valence-corrected chi connectivity index (χ3v) is 4.48. The van der Waals surface area contributed by atoms with Crippen LogP contribution in [0.2, 0.25) is 0 Å². The molecule has 1 saturated carbocycles. The van der Waals surface area contributed by atoms with E-state index in [0.29, 0.717) is 23.0 Å². The predicted molar refractivity (Wildman–Crippen MR) is 97.2 cm³/mol. The third kappa shape index (κ3) is 2.84. The van der Waals surface area contributed by atoms with Gasteiger partial charge in [-0.15, -0.1) is 0 Å². The Balaban J connectivity index is 1.72. The van der Waals surface area contributed by atoms with Gasteiger partial charge in [0.25, 0.3) is 5.91 Å². The van der Waals surface area contributed by atoms with E-state index in [0.717, 1.165) is 35.2 Å². The molecule has 1 N–H and O–H groups in total. The number of carbonyl (C=O) groups excluding carboxylic acids is 1. The molecule has 25 heavy (non-hydrogen) atoms. The molecule has 0 bridgehead atoms. The van der Waals surface area contributed by atoms with Crippen LogP contribution >= 0.6 is 0 Å². The first-order chi connectivity index (χ1) is 12.0. The fraction of sp³-hybridized carbons (Fsp3) is 0.316. The van der Waals surface area contributed by atoms with Gasteiger partial charge in [-0.2, -0.15) is 0 Å². The number of aromatic nitrogens is 2. The number of benzene rings is 1. The highest BCUT2D eigenvalue weighted by Gasteiger charge is 2.32. The minimum absolute atomic E-state index is 0.248. The number of para-hydroxylation sites is 1. The normalized spacial score (nSPS) is 13.9. The Morgan fingerprint density at radius 2 is 2.04 bits per heavy atom. The molecule has 6 heteroatoms. The maximum atomic E-state index is 12.8. The number of rotatable bonds is 4. The van der Waals surface area contributed by atoms with Crippen molar-refractivity contribution in [3.05, 3.63) is 47.5 Å². The fourth-order valence-electron chi connectivity index (χ4n) is 2.98. The summed E-state index contributed by atoms with van der Waals surface area (Å²) in [6, 6.07) is 9.64. The van der Waals surface area contributed by atoms with E-state index in [9.17, 15) is 4.79 Å². The van der Waals surface area contributed by atoms with Gasteiger partial charge in [0.2, 0.25) is 0 Å². The van der Waals surface area contributed by atoms with Crippen molar-refractivity contribution < 1.29 is 9.32 Å². The quantitative estimate of drug-likeness (QED) is 0.786. The minimum atomic E-state index is -0.248. The van der Waals surface area contributed by atoms with Crippen molar-refractivity contribution >= 4 is 28.2 Å². The van der Waals surface area contributed by atoms with Crippen molar-refractivity contribution in [3.63, 3.8) is 0 Å². The van der Waals surface area contributed by atoms with Crippen LogP contribution in [-0.4, -0.2) is 30.1 Å². The Morgan fingerprint density at radius 1 is 1.28 bits per heavy atom. The molecule has 6 nitrogen and oxygen atoms in total. The monoisotopic (exact) mass is 336 g/mol. The molecule has 0 radical (unpaired) electrons. The minimum Gasteiger partial charge on any atom is -0.377 e. The number of carbonyl (C=O) groups is 1. The zero-order valence-corrected chi connectivity index (χ0v) is 14.5. The smallest absolute Gasteiger partial charge is 0.274 e. The Labute approximate surface area is 145 Å². The number of nitrogens with one attached hydrogen (secondary N) is 1. The Bertz CT molecular complexity index is 957. The van der Waals surface area contributed by atoms with Gasteiger partial charge < -0.3 is 14.7 Å². The number of amides is 1. The average Bonchev–Trinajstić information content (AvgIpc) is 3.39. The highest BCUT2D eigenvalue weighted by Crippen LogP contribution is 2.44. The highest BCUT2D eigenvalue weighted by atomic mass is 16.5. The molecule has 1 amide bonds. The SMILES string of the molecule is Cc1noc(C2CC2)c1NC(=O)c1cc(N(C)C)c2ccccc2n1. The molecule has 0 unspecified atom stereocenters. The number of hydrogen-bond donors (Lipinski definition) is 1. The molecule has 1 aliphatic rings. The summed E-state index contributed by atoms with van der Waals surface area (Å²) < 4.78 is 5.39. The molecule has 0 atom stereocenters. The Morgan fingerprint density at radius 3 is 2.76 bits per heavy atom. The van der Waals surface area contributed by atoms with Crippen LogP contribution in [-0.2, 0) is 0 Å². The first kappa shape index (κ1) is 15.6. The molecule has 128 valence electrons. The van der Waals surface area contributed by atoms with Crippen molar-refractivity contribution in [2.24, 2.45) is 0 Å². The third-order valence-electron chi connectivity index (χ3n) is 4.48. The van der Waals surface area contributed by atoms with Crippen LogP contribution in [0.4, 0.5) is 11.4 Å². The summed E-state index contributed by atoms with van der Waals surface area (Å²) in [5.74, 6) is 0.903. The van der Waals surface area contributed by atoms with E-state index in [4.69, 9.17) is 4.52 Å². The molecule has 0 spiro atoms. The molecule has 2 aromatic heterocycles. The van der Waals surface area contributed by atoms with Crippen molar-refractivity contribution in [2.45, 2.75) is 25.7 Å². The second-order valence-electron chi connectivity index (χ2n) is 6.67. The van der Waals surface area contributed by atoms with E-state index >= 15 is 0 Å². The summed E-state index contributed by atoms with van der Waals surface area (Å²) in [5.41, 5.74) is 3.52. The highest BCUT2D eigenvalue weighted by molar-refractivity contribution is 6.06. The fourth-order valence-corrected chi connectivity index (χ4v) is 2.98. The Kier molecular flexibility index (Phi) is 3.67. The molecule has 1 aliphatic carbocycles. The number of fused-ring (bicyclic) bond motifs is 1. The van der Waals surface area contributed by atoms with Gasteiger partial charge >= 0.3 is 0 Å². The van der Waals surface area contributed by atoms with E-state index in [1.165, 1.54) is 0 Å². The lowest BCUT2D eigenvalue weighted by Gasteiger charge is -2.16. The van der Waals surface area contributed by atoms with E-state index in [1.54, 1.807) is 0 Å². The van der Waals surface area contributed by atoms with Gasteiger partial charge in [-0.3, -0.25) is 4.79 Å². The van der Waals surface area contributed by atoms with Gasteiger partial charge in [0, 0.05) is 31.1 Å². The maximum absolute atomic E-state index is 12.8. The molecule has 1 fully saturated rings. The largest absolute Gasteiger partial charge is 0.377 e. The van der Waals surface area contributed by atoms with Crippen LogP contribution in [0, 0.1) is 6.92 Å². The number of hydrogen-bond acceptors (Lipinski definition) is 5. The van der Waals surface area contributed by atoms with Gasteiger partial charge in [-0.1, -0.05) is 23.4 Å². The zero-order valence-electron chi connectivity index (χ0n) is 14.5. The lowest BCUT2D eigenvalue weighted by Crippen LogP contribution is -2.17. The topological polar surface area (TPSA) is 71.3 Å². The van der Waals surface area contributed by atoms with Crippen molar-refractivity contribution in [1.29, 1.82) is 0 Å². The summed E-state index contributed by atoms with van der Waals surface area (Å²) in [6.45, 7) is 1.84. The van der Waals surface area contributed by atoms with Gasteiger partial charge in [0.1, 0.15) is 17.1 Å². The zero-order chi connectivity index (χ0) is 17.6. The first-order valence-corrected chi connectivity index (χ1v) is 8.39. The van der Waals surface area contributed by atoms with E-state index in [1.807, 2.05) is 56.3 Å². The predicted octanol–water partition coefficient (Wildman–Crippen LogP) is 3.73. The van der Waals surface area contributed by atoms with Gasteiger partial charge in [0.05, 0.1) is 5.52 Å². The summed E-state index contributed by atoms with van der Waals surface area (Å²) in [4.78, 5) is 19.3. The molecular formula is C19H20N4O2. The summed E-state index contributed by atoms with van der Waals surface area (Å²) >= 11 is 0. The van der Waals surface area contributed by atoms with Crippen molar-refractivity contribution in [1.82, 2.24) is 10.1 Å². The van der Waals surface area contributed by atoms with Crippen molar-refractivity contribution in [3.8, 4) is 0 Å². The molecule has 0 saturated heterocycles.